The van der Waals surface area contributed by atoms with Crippen LogP contribution < -0.4 is 10.1 Å². The van der Waals surface area contributed by atoms with E-state index in [1.165, 1.54) is 23.9 Å². The van der Waals surface area contributed by atoms with Crippen LogP contribution in [0.2, 0.25) is 0 Å². The first-order valence-electron chi connectivity index (χ1n) is 8.02. The monoisotopic (exact) mass is 380 g/mol. The van der Waals surface area contributed by atoms with Gasteiger partial charge >= 0.3 is 5.97 Å². The summed E-state index contributed by atoms with van der Waals surface area (Å²) in [7, 11) is 0. The Balaban J connectivity index is 1.80. The minimum absolute atomic E-state index is 0.179. The molecule has 1 amide bonds. The number of hydrogen-bond acceptors (Lipinski definition) is 5. The van der Waals surface area contributed by atoms with Crippen molar-refractivity contribution in [2.45, 2.75) is 0 Å². The van der Waals surface area contributed by atoms with Gasteiger partial charge in [-0.3, -0.25) is 4.79 Å². The van der Waals surface area contributed by atoms with Crippen LogP contribution in [-0.2, 0) is 4.79 Å². The fraction of sp³-hybridized carbons (Fsp3) is 0.0500. The number of carbonyl (C=O) groups excluding carboxylic acids is 1. The largest absolute Gasteiger partial charge is 0.489 e. The lowest BCUT2D eigenvalue weighted by Gasteiger charge is -2.06. The molecule has 2 N–H and O–H groups in total. The third-order valence-electron chi connectivity index (χ3n) is 3.56. The maximum absolute atomic E-state index is 12.2. The summed E-state index contributed by atoms with van der Waals surface area (Å²) >= 11 is 1.21. The predicted octanol–water partition coefficient (Wildman–Crippen LogP) is 3.84. The highest BCUT2D eigenvalue weighted by molar-refractivity contribution is 8.18. The van der Waals surface area contributed by atoms with E-state index in [0.29, 0.717) is 28.1 Å². The number of carboxylic acids is 1. The molecule has 1 aliphatic rings. The summed E-state index contributed by atoms with van der Waals surface area (Å²) in [6.07, 6.45) is 3.40. The molecule has 0 aromatic heterocycles. The molecule has 136 valence electrons. The second-order valence-corrected chi connectivity index (χ2v) is 6.50. The van der Waals surface area contributed by atoms with E-state index in [9.17, 15) is 9.59 Å². The second kappa shape index (κ2) is 8.37. The molecule has 0 aliphatic carbocycles. The minimum Gasteiger partial charge on any atom is -0.489 e. The van der Waals surface area contributed by atoms with Gasteiger partial charge in [0.25, 0.3) is 5.91 Å². The van der Waals surface area contributed by atoms with Crippen molar-refractivity contribution < 1.29 is 19.4 Å². The molecule has 0 radical (unpaired) electrons. The van der Waals surface area contributed by atoms with Crippen molar-refractivity contribution in [1.29, 1.82) is 0 Å². The van der Waals surface area contributed by atoms with E-state index in [0.717, 1.165) is 5.56 Å². The van der Waals surface area contributed by atoms with Gasteiger partial charge in [0.05, 0.1) is 16.2 Å². The third-order valence-corrected chi connectivity index (χ3v) is 4.47. The molecule has 6 nitrogen and oxygen atoms in total. The molecule has 7 heteroatoms. The third kappa shape index (κ3) is 4.65. The van der Waals surface area contributed by atoms with Crippen LogP contribution in [0.4, 0.5) is 5.69 Å². The second-order valence-electron chi connectivity index (χ2n) is 5.47. The molecule has 27 heavy (non-hydrogen) atoms. The number of benzene rings is 2. The van der Waals surface area contributed by atoms with Crippen LogP contribution in [0, 0.1) is 0 Å². The fourth-order valence-corrected chi connectivity index (χ4v) is 3.13. The van der Waals surface area contributed by atoms with Gasteiger partial charge in [-0.25, -0.2) is 9.79 Å². The number of amidine groups is 1. The number of aromatic carboxylic acids is 1. The average Bonchev–Trinajstić information content (AvgIpc) is 3.00. The normalized spacial score (nSPS) is 16.4. The smallest absolute Gasteiger partial charge is 0.335 e. The Morgan fingerprint density at radius 2 is 1.96 bits per heavy atom. The number of aliphatic imine (C=N–C) groups is 1. The lowest BCUT2D eigenvalue weighted by atomic mass is 10.2. The van der Waals surface area contributed by atoms with Crippen molar-refractivity contribution >= 4 is 40.6 Å². The van der Waals surface area contributed by atoms with E-state index in [-0.39, 0.29) is 11.5 Å². The summed E-state index contributed by atoms with van der Waals surface area (Å²) in [5.41, 5.74) is 1.52. The van der Waals surface area contributed by atoms with Crippen LogP contribution in [0.5, 0.6) is 5.75 Å². The number of carbonyl (C=O) groups is 2. The Morgan fingerprint density at radius 1 is 1.22 bits per heavy atom. The van der Waals surface area contributed by atoms with Gasteiger partial charge in [0, 0.05) is 5.56 Å². The molecule has 1 aliphatic heterocycles. The highest BCUT2D eigenvalue weighted by Gasteiger charge is 2.24. The number of nitrogens with one attached hydrogen (secondary N) is 1. The van der Waals surface area contributed by atoms with Gasteiger partial charge in [-0.15, -0.1) is 0 Å². The fourth-order valence-electron chi connectivity index (χ4n) is 2.30. The predicted molar refractivity (Wildman–Crippen MR) is 106 cm³/mol. The zero-order valence-corrected chi connectivity index (χ0v) is 15.0. The molecule has 0 atom stereocenters. The van der Waals surface area contributed by atoms with Crippen molar-refractivity contribution in [2.24, 2.45) is 4.99 Å². The van der Waals surface area contributed by atoms with Crippen LogP contribution >= 0.6 is 11.8 Å². The Bertz CT molecular complexity index is 949. The number of carboxylic acid groups (broad SMARTS) is 1. The van der Waals surface area contributed by atoms with Crippen LogP contribution in [0.1, 0.15) is 15.9 Å². The summed E-state index contributed by atoms with van der Waals surface area (Å²) < 4.78 is 5.60. The first-order valence-corrected chi connectivity index (χ1v) is 8.84. The average molecular weight is 380 g/mol. The Morgan fingerprint density at radius 3 is 2.67 bits per heavy atom. The van der Waals surface area contributed by atoms with Crippen molar-refractivity contribution in [3.63, 3.8) is 0 Å². The van der Waals surface area contributed by atoms with Gasteiger partial charge in [-0.05, 0) is 48.2 Å². The van der Waals surface area contributed by atoms with Crippen LogP contribution in [0.3, 0.4) is 0 Å². The Hall–Kier alpha value is -3.32. The Kier molecular flexibility index (Phi) is 5.73. The first-order chi connectivity index (χ1) is 13.1. The maximum atomic E-state index is 12.2. The number of nitrogens with zero attached hydrogens (tertiary/aromatic N) is 1. The van der Waals surface area contributed by atoms with Crippen LogP contribution in [0.15, 0.2) is 71.1 Å². The SMILES string of the molecule is C=CCOc1ccccc1/C=C1/SC(=Nc2ccc(C(=O)O)cc2)NC1=O. The van der Waals surface area contributed by atoms with E-state index >= 15 is 0 Å². The van der Waals surface area contributed by atoms with Gasteiger partial charge in [0.1, 0.15) is 12.4 Å². The highest BCUT2D eigenvalue weighted by Crippen LogP contribution is 2.30. The highest BCUT2D eigenvalue weighted by atomic mass is 32.2. The lowest BCUT2D eigenvalue weighted by molar-refractivity contribution is -0.115. The van der Waals surface area contributed by atoms with Crippen LogP contribution in [0.25, 0.3) is 6.08 Å². The van der Waals surface area contributed by atoms with E-state index in [1.807, 2.05) is 24.3 Å². The molecule has 3 rings (SSSR count). The lowest BCUT2D eigenvalue weighted by Crippen LogP contribution is -2.19. The van der Waals surface area contributed by atoms with Crippen LogP contribution in [-0.4, -0.2) is 28.8 Å². The van der Waals surface area contributed by atoms with E-state index in [4.69, 9.17) is 9.84 Å². The summed E-state index contributed by atoms with van der Waals surface area (Å²) in [5.74, 6) is -0.590. The molecule has 2 aromatic rings. The quantitative estimate of drug-likeness (QED) is 0.587. The minimum atomic E-state index is -1.000. The number of ether oxygens (including phenoxy) is 1. The topological polar surface area (TPSA) is 88.0 Å². The summed E-state index contributed by atoms with van der Waals surface area (Å²) in [4.78, 5) is 28.0. The van der Waals surface area contributed by atoms with E-state index < -0.39 is 5.97 Å². The summed E-state index contributed by atoms with van der Waals surface area (Å²) in [5, 5.41) is 12.1. The molecular formula is C20H16N2O4S. The maximum Gasteiger partial charge on any atom is 0.335 e. The Labute approximate surface area is 160 Å². The summed E-state index contributed by atoms with van der Waals surface area (Å²) in [6, 6.07) is 13.5. The molecule has 1 fully saturated rings. The van der Waals surface area contributed by atoms with Gasteiger partial charge in [-0.1, -0.05) is 30.9 Å². The van der Waals surface area contributed by atoms with E-state index in [1.54, 1.807) is 24.3 Å². The number of para-hydroxylation sites is 1. The van der Waals surface area contributed by atoms with Crippen molar-refractivity contribution in [3.05, 3.63) is 77.2 Å². The number of amides is 1. The standard InChI is InChI=1S/C20H16N2O4S/c1-2-11-26-16-6-4-3-5-14(16)12-17-18(23)22-20(27-17)21-15-9-7-13(8-10-15)19(24)25/h2-10,12H,1,11H2,(H,24,25)(H,21,22,23)/b17-12+. The van der Waals surface area contributed by atoms with E-state index in [2.05, 4.69) is 16.9 Å². The zero-order chi connectivity index (χ0) is 19.2. The van der Waals surface area contributed by atoms with Gasteiger partial charge in [-0.2, -0.15) is 0 Å². The molecule has 1 heterocycles. The first kappa shape index (κ1) is 18.5. The number of hydrogen-bond donors (Lipinski definition) is 2. The molecule has 0 spiro atoms. The van der Waals surface area contributed by atoms with Crippen molar-refractivity contribution in [2.75, 3.05) is 6.61 Å². The number of thioether (sulfide) groups is 1. The zero-order valence-electron chi connectivity index (χ0n) is 14.2. The summed E-state index contributed by atoms with van der Waals surface area (Å²) in [6.45, 7) is 4.00. The van der Waals surface area contributed by atoms with Crippen molar-refractivity contribution in [1.82, 2.24) is 5.32 Å². The van der Waals surface area contributed by atoms with Crippen molar-refractivity contribution in [3.8, 4) is 5.75 Å². The van der Waals surface area contributed by atoms with Gasteiger partial charge in [0.2, 0.25) is 0 Å². The molecule has 2 aromatic carbocycles. The number of rotatable bonds is 6. The molecule has 0 unspecified atom stereocenters. The molecule has 0 bridgehead atoms. The molecular weight excluding hydrogens is 364 g/mol. The molecule has 0 saturated carbocycles. The molecule has 1 saturated heterocycles. The van der Waals surface area contributed by atoms with Gasteiger partial charge < -0.3 is 15.2 Å². The van der Waals surface area contributed by atoms with Gasteiger partial charge in [0.15, 0.2) is 5.17 Å².